The van der Waals surface area contributed by atoms with Gasteiger partial charge < -0.3 is 14.2 Å². The first-order valence-corrected chi connectivity index (χ1v) is 8.20. The van der Waals surface area contributed by atoms with Crippen molar-refractivity contribution in [1.82, 2.24) is 10.9 Å². The highest BCUT2D eigenvalue weighted by Crippen LogP contribution is 2.30. The Morgan fingerprint density at radius 1 is 1.12 bits per heavy atom. The lowest BCUT2D eigenvalue weighted by Crippen LogP contribution is -2.51. The SMILES string of the molecule is Cc1ccc(C)c(OCC(=O)NNC(=O)C2COc3ccccc3O2)c1. The largest absolute Gasteiger partial charge is 0.485 e. The third-order valence-corrected chi connectivity index (χ3v) is 3.83. The molecule has 1 unspecified atom stereocenters. The van der Waals surface area contributed by atoms with Crippen LogP contribution in [0.1, 0.15) is 11.1 Å². The first-order valence-electron chi connectivity index (χ1n) is 8.20. The number of hydrazine groups is 1. The molecule has 7 nitrogen and oxygen atoms in total. The molecule has 1 atom stereocenters. The van der Waals surface area contributed by atoms with Gasteiger partial charge in [0.15, 0.2) is 18.1 Å². The predicted molar refractivity (Wildman–Crippen MR) is 94.0 cm³/mol. The van der Waals surface area contributed by atoms with Crippen LogP contribution < -0.4 is 25.1 Å². The van der Waals surface area contributed by atoms with Gasteiger partial charge in [0, 0.05) is 0 Å². The van der Waals surface area contributed by atoms with Crippen molar-refractivity contribution in [3.63, 3.8) is 0 Å². The molecule has 2 aromatic carbocycles. The summed E-state index contributed by atoms with van der Waals surface area (Å²) in [7, 11) is 0. The summed E-state index contributed by atoms with van der Waals surface area (Å²) in [6.07, 6.45) is -0.842. The molecule has 0 saturated carbocycles. The number of carbonyl (C=O) groups excluding carboxylic acids is 2. The summed E-state index contributed by atoms with van der Waals surface area (Å²) in [6, 6.07) is 12.8. The Bertz CT molecular complexity index is 821. The number of hydrogen-bond donors (Lipinski definition) is 2. The molecule has 7 heteroatoms. The highest BCUT2D eigenvalue weighted by molar-refractivity contribution is 5.85. The average Bonchev–Trinajstić information content (AvgIpc) is 2.66. The lowest BCUT2D eigenvalue weighted by Gasteiger charge is -2.25. The summed E-state index contributed by atoms with van der Waals surface area (Å²) >= 11 is 0. The molecule has 136 valence electrons. The number of carbonyl (C=O) groups is 2. The molecular weight excluding hydrogens is 336 g/mol. The lowest BCUT2D eigenvalue weighted by molar-refractivity contribution is -0.135. The molecule has 2 aromatic rings. The minimum absolute atomic E-state index is 0.0672. The molecule has 1 heterocycles. The van der Waals surface area contributed by atoms with E-state index < -0.39 is 17.9 Å². The molecule has 1 aliphatic rings. The topological polar surface area (TPSA) is 85.9 Å². The maximum Gasteiger partial charge on any atom is 0.283 e. The van der Waals surface area contributed by atoms with Crippen molar-refractivity contribution in [2.75, 3.05) is 13.2 Å². The second kappa shape index (κ2) is 7.77. The smallest absolute Gasteiger partial charge is 0.283 e. The molecule has 2 N–H and O–H groups in total. The van der Waals surface area contributed by atoms with E-state index in [0.29, 0.717) is 17.2 Å². The number of hydrogen-bond acceptors (Lipinski definition) is 5. The molecule has 2 amide bonds. The van der Waals surface area contributed by atoms with Gasteiger partial charge in [0.2, 0.25) is 6.10 Å². The highest BCUT2D eigenvalue weighted by Gasteiger charge is 2.27. The Morgan fingerprint density at radius 3 is 2.69 bits per heavy atom. The third kappa shape index (κ3) is 4.24. The van der Waals surface area contributed by atoms with Crippen LogP contribution in [0.3, 0.4) is 0 Å². The van der Waals surface area contributed by atoms with E-state index in [-0.39, 0.29) is 13.2 Å². The van der Waals surface area contributed by atoms with Gasteiger partial charge in [0.1, 0.15) is 12.4 Å². The molecule has 0 bridgehead atoms. The number of para-hydroxylation sites is 2. The minimum Gasteiger partial charge on any atom is -0.485 e. The van der Waals surface area contributed by atoms with Crippen LogP contribution in [0, 0.1) is 13.8 Å². The Morgan fingerprint density at radius 2 is 1.88 bits per heavy atom. The number of fused-ring (bicyclic) bond motifs is 1. The maximum atomic E-state index is 12.1. The molecule has 0 radical (unpaired) electrons. The number of benzene rings is 2. The summed E-state index contributed by atoms with van der Waals surface area (Å²) in [4.78, 5) is 24.0. The fourth-order valence-electron chi connectivity index (χ4n) is 2.40. The first-order chi connectivity index (χ1) is 12.5. The molecule has 0 aromatic heterocycles. The van der Waals surface area contributed by atoms with E-state index in [9.17, 15) is 9.59 Å². The fraction of sp³-hybridized carbons (Fsp3) is 0.263. The first kappa shape index (κ1) is 17.6. The monoisotopic (exact) mass is 356 g/mol. The summed E-state index contributed by atoms with van der Waals surface area (Å²) < 4.78 is 16.5. The number of ether oxygens (including phenoxy) is 3. The van der Waals surface area contributed by atoms with E-state index in [1.54, 1.807) is 18.2 Å². The predicted octanol–water partition coefficient (Wildman–Crippen LogP) is 1.67. The minimum atomic E-state index is -0.842. The van der Waals surface area contributed by atoms with Gasteiger partial charge in [-0.05, 0) is 43.2 Å². The second-order valence-electron chi connectivity index (χ2n) is 5.96. The molecule has 0 fully saturated rings. The van der Waals surface area contributed by atoms with Crippen molar-refractivity contribution < 1.29 is 23.8 Å². The fourth-order valence-corrected chi connectivity index (χ4v) is 2.40. The van der Waals surface area contributed by atoms with Gasteiger partial charge in [-0.25, -0.2) is 0 Å². The van der Waals surface area contributed by atoms with Gasteiger partial charge in [0.25, 0.3) is 11.8 Å². The van der Waals surface area contributed by atoms with Crippen LogP contribution in [0.4, 0.5) is 0 Å². The van der Waals surface area contributed by atoms with Gasteiger partial charge in [0.05, 0.1) is 0 Å². The molecule has 0 saturated heterocycles. The van der Waals surface area contributed by atoms with Crippen molar-refractivity contribution in [2.24, 2.45) is 0 Å². The zero-order valence-electron chi connectivity index (χ0n) is 14.6. The highest BCUT2D eigenvalue weighted by atomic mass is 16.6. The molecule has 0 aliphatic carbocycles. The van der Waals surface area contributed by atoms with Gasteiger partial charge >= 0.3 is 0 Å². The normalized spacial score (nSPS) is 15.1. The Hall–Kier alpha value is -3.22. The number of rotatable bonds is 4. The quantitative estimate of drug-likeness (QED) is 0.814. The molecule has 3 rings (SSSR count). The van der Waals surface area contributed by atoms with Crippen LogP contribution >= 0.6 is 0 Å². The van der Waals surface area contributed by atoms with Gasteiger partial charge in [-0.2, -0.15) is 0 Å². The number of amides is 2. The maximum absolute atomic E-state index is 12.1. The second-order valence-corrected chi connectivity index (χ2v) is 5.96. The van der Waals surface area contributed by atoms with Crippen molar-refractivity contribution in [3.05, 3.63) is 53.6 Å². The van der Waals surface area contributed by atoms with E-state index in [1.807, 2.05) is 38.1 Å². The summed E-state index contributed by atoms with van der Waals surface area (Å²) in [6.45, 7) is 3.69. The Labute approximate surface area is 151 Å². The van der Waals surface area contributed by atoms with Crippen molar-refractivity contribution in [3.8, 4) is 17.2 Å². The van der Waals surface area contributed by atoms with E-state index in [1.165, 1.54) is 0 Å². The molecule has 1 aliphatic heterocycles. The van der Waals surface area contributed by atoms with Gasteiger partial charge in [-0.3, -0.25) is 20.4 Å². The van der Waals surface area contributed by atoms with E-state index in [0.717, 1.165) is 11.1 Å². The molecule has 0 spiro atoms. The summed E-state index contributed by atoms with van der Waals surface area (Å²) in [5, 5.41) is 0. The number of nitrogens with one attached hydrogen (secondary N) is 2. The van der Waals surface area contributed by atoms with E-state index in [4.69, 9.17) is 14.2 Å². The summed E-state index contributed by atoms with van der Waals surface area (Å²) in [5.74, 6) is 0.731. The van der Waals surface area contributed by atoms with E-state index in [2.05, 4.69) is 10.9 Å². The van der Waals surface area contributed by atoms with Crippen molar-refractivity contribution >= 4 is 11.8 Å². The zero-order chi connectivity index (χ0) is 18.5. The Balaban J connectivity index is 1.46. The number of aryl methyl sites for hydroxylation is 2. The van der Waals surface area contributed by atoms with Gasteiger partial charge in [-0.1, -0.05) is 24.3 Å². The molecule has 26 heavy (non-hydrogen) atoms. The average molecular weight is 356 g/mol. The standard InChI is InChI=1S/C19H20N2O5/c1-12-7-8-13(2)16(9-12)25-11-18(22)20-21-19(23)17-10-24-14-5-3-4-6-15(14)26-17/h3-9,17H,10-11H2,1-2H3,(H,20,22)(H,21,23). The third-order valence-electron chi connectivity index (χ3n) is 3.83. The lowest BCUT2D eigenvalue weighted by atomic mass is 10.1. The van der Waals surface area contributed by atoms with Crippen LogP contribution in [0.15, 0.2) is 42.5 Å². The van der Waals surface area contributed by atoms with Crippen LogP contribution in [0.2, 0.25) is 0 Å². The summed E-state index contributed by atoms with van der Waals surface area (Å²) in [5.41, 5.74) is 6.60. The van der Waals surface area contributed by atoms with Crippen LogP contribution in [0.25, 0.3) is 0 Å². The van der Waals surface area contributed by atoms with Gasteiger partial charge in [-0.15, -0.1) is 0 Å². The zero-order valence-corrected chi connectivity index (χ0v) is 14.6. The van der Waals surface area contributed by atoms with Crippen molar-refractivity contribution in [1.29, 1.82) is 0 Å². The van der Waals surface area contributed by atoms with Crippen LogP contribution in [0.5, 0.6) is 17.2 Å². The van der Waals surface area contributed by atoms with Crippen molar-refractivity contribution in [2.45, 2.75) is 20.0 Å². The van der Waals surface area contributed by atoms with Crippen LogP contribution in [-0.4, -0.2) is 31.1 Å². The Kier molecular flexibility index (Phi) is 5.26. The van der Waals surface area contributed by atoms with E-state index >= 15 is 0 Å². The van der Waals surface area contributed by atoms with Crippen LogP contribution in [-0.2, 0) is 9.59 Å². The molecular formula is C19H20N2O5.